The second kappa shape index (κ2) is 26.0. The fourth-order valence-electron chi connectivity index (χ4n) is 14.3. The number of rotatable bonds is 20. The molecule has 0 amide bonds. The minimum absolute atomic E-state index is 0. The normalized spacial score (nSPS) is 25.0. The number of nitrogens with zero attached hydrogens (tertiary/aromatic N) is 2. The first-order valence-electron chi connectivity index (χ1n) is 26.3. The summed E-state index contributed by atoms with van der Waals surface area (Å²) in [6.45, 7) is 12.2. The Morgan fingerprint density at radius 3 is 1.69 bits per heavy atom. The number of hydrogen-bond acceptors (Lipinski definition) is 10. The zero-order valence-corrected chi connectivity index (χ0v) is 50.2. The van der Waals surface area contributed by atoms with Gasteiger partial charge >= 0.3 is 59.1 Å². The smallest absolute Gasteiger partial charge is 0.545 e. The Hall–Kier alpha value is -3.46. The van der Waals surface area contributed by atoms with Crippen molar-refractivity contribution < 1.29 is 98.2 Å². The van der Waals surface area contributed by atoms with Gasteiger partial charge in [0, 0.05) is 35.4 Å². The molecule has 0 bridgehead atoms. The van der Waals surface area contributed by atoms with Gasteiger partial charge in [0.1, 0.15) is 24.7 Å². The molecule has 4 aliphatic carbocycles. The minimum Gasteiger partial charge on any atom is -0.545 e. The van der Waals surface area contributed by atoms with Crippen molar-refractivity contribution in [2.24, 2.45) is 58.2 Å². The van der Waals surface area contributed by atoms with Crippen molar-refractivity contribution in [3.63, 3.8) is 0 Å². The van der Waals surface area contributed by atoms with Gasteiger partial charge in [-0.15, -0.1) is 0 Å². The summed E-state index contributed by atoms with van der Waals surface area (Å²) in [5.41, 5.74) is 2.11. The number of carboxylic acids is 2. The molecular weight excluding hydrogens is 1010 g/mol. The van der Waals surface area contributed by atoms with Crippen LogP contribution in [0.3, 0.4) is 0 Å². The summed E-state index contributed by atoms with van der Waals surface area (Å²) in [5.74, 6) is 2.46. The summed E-state index contributed by atoms with van der Waals surface area (Å²) in [4.78, 5) is 47.0. The van der Waals surface area contributed by atoms with Crippen molar-refractivity contribution >= 4 is 52.1 Å². The summed E-state index contributed by atoms with van der Waals surface area (Å²) < 4.78 is 11.9. The third-order valence-electron chi connectivity index (χ3n) is 18.1. The van der Waals surface area contributed by atoms with E-state index in [0.29, 0.717) is 56.9 Å². The molecule has 390 valence electrons. The molecule has 4 saturated carbocycles. The van der Waals surface area contributed by atoms with Crippen LogP contribution in [-0.4, -0.2) is 21.8 Å². The first kappa shape index (κ1) is 60.8. The molecule has 75 heavy (non-hydrogen) atoms. The largest absolute Gasteiger partial charge is 1.00 e. The summed E-state index contributed by atoms with van der Waals surface area (Å²) in [5, 5.41) is 47.9. The number of nitro groups is 2. The number of benzene rings is 4. The Morgan fingerprint density at radius 2 is 1.20 bits per heavy atom. The summed E-state index contributed by atoms with van der Waals surface area (Å²) in [6.07, 6.45) is 19.0. The van der Waals surface area contributed by atoms with E-state index < -0.39 is 21.8 Å². The van der Waals surface area contributed by atoms with Crippen LogP contribution in [0.1, 0.15) is 167 Å². The Labute approximate surface area is 496 Å². The van der Waals surface area contributed by atoms with Crippen molar-refractivity contribution in [2.75, 3.05) is 0 Å². The fourth-order valence-corrected chi connectivity index (χ4v) is 14.9. The molecule has 0 heterocycles. The van der Waals surface area contributed by atoms with Gasteiger partial charge in [-0.25, -0.2) is 0 Å². The molecule has 4 fully saturated rings. The second-order valence-electron chi connectivity index (χ2n) is 22.7. The predicted molar refractivity (Wildman–Crippen MR) is 279 cm³/mol. The van der Waals surface area contributed by atoms with Crippen LogP contribution in [0.2, 0.25) is 10.0 Å². The molecule has 9 atom stereocenters. The molecule has 12 nitrogen and oxygen atoms in total. The number of carbonyl (C=O) groups excluding carboxylic acids is 2. The number of non-ortho nitro benzene ring substituents is 2. The number of nitro benzene ring substituents is 2. The van der Waals surface area contributed by atoms with Crippen LogP contribution < -0.4 is 78.8 Å². The quantitative estimate of drug-likeness (QED) is 0.0484. The molecule has 2 unspecified atom stereocenters. The van der Waals surface area contributed by atoms with Crippen molar-refractivity contribution in [3.8, 4) is 11.5 Å². The van der Waals surface area contributed by atoms with Crippen molar-refractivity contribution in [2.45, 2.75) is 138 Å². The summed E-state index contributed by atoms with van der Waals surface area (Å²) in [6, 6.07) is 17.1. The monoisotopic (exact) mass is 1080 g/mol. The van der Waals surface area contributed by atoms with E-state index in [4.69, 9.17) is 32.7 Å². The van der Waals surface area contributed by atoms with Gasteiger partial charge in [0.05, 0.1) is 31.8 Å². The predicted octanol–water partition coefficient (Wildman–Crippen LogP) is 7.65. The van der Waals surface area contributed by atoms with Gasteiger partial charge in [0.2, 0.25) is 0 Å². The van der Waals surface area contributed by atoms with Gasteiger partial charge < -0.3 is 29.3 Å². The molecule has 16 heteroatoms. The number of ether oxygens (including phenoxy) is 2. The van der Waals surface area contributed by atoms with Crippen molar-refractivity contribution in [3.05, 3.63) is 143 Å². The van der Waals surface area contributed by atoms with E-state index in [-0.39, 0.29) is 116 Å². The van der Waals surface area contributed by atoms with Crippen LogP contribution in [0.15, 0.2) is 78.9 Å². The van der Waals surface area contributed by atoms with E-state index in [1.165, 1.54) is 125 Å². The second-order valence-corrected chi connectivity index (χ2v) is 23.5. The van der Waals surface area contributed by atoms with Gasteiger partial charge in [-0.3, -0.25) is 20.2 Å². The number of hydrogen-bond donors (Lipinski definition) is 0. The molecule has 0 saturated heterocycles. The average molecular weight is 1080 g/mol. The van der Waals surface area contributed by atoms with Crippen LogP contribution in [0.4, 0.5) is 11.4 Å². The molecular formula is C59H68Cl2N2Na2O10. The van der Waals surface area contributed by atoms with E-state index >= 15 is 0 Å². The number of carbonyl (C=O) groups is 2. The van der Waals surface area contributed by atoms with Gasteiger partial charge in [0.25, 0.3) is 11.4 Å². The molecule has 4 aromatic rings. The first-order chi connectivity index (χ1) is 34.8. The van der Waals surface area contributed by atoms with E-state index in [9.17, 15) is 40.0 Å². The molecule has 0 N–H and O–H groups in total. The molecule has 0 aliphatic heterocycles. The maximum Gasteiger partial charge on any atom is 1.00 e. The van der Waals surface area contributed by atoms with Crippen LogP contribution in [0.5, 0.6) is 11.5 Å². The SMILES string of the molecule is CC(C)CCCC(C)[C@H]1CC[C@H]2[C@@H]3CCC4C[C@@H](CCC=C(c5cc(Cl)c(OCc6ccc([N+](=O)[O-])cc6)c(C(=O)[O-])c5)c5cc(Cl)c(OCc6ccc([N+](=O)[O-])cc6)c(C(=O)[O-])c5)CC[C@]4(C)[C@H]3CC[C@]12C.[Na+].[Na+]. The standard InChI is InChI=1S/C59H70Cl2N2O10.2Na/c1-35(2)8-6-9-36(3)49-22-23-50-46-21-16-42-28-37(24-26-58(42,4)51(46)25-27-59(49,50)5)10-7-11-45(40-29-47(56(64)65)54(52(60)31-40)72-33-38-12-17-43(18-13-38)62(68)69)41-30-48(57(66)67)55(53(61)32-41)73-34-39-14-19-44(20-15-39)63(70)71;;/h11-15,17-20,29-32,35-37,42,46,49-51H,6-10,16,21-28,33-34H2,1-5H3,(H,64,65)(H,66,67);;/q;2*+1/p-2/t36?,37-,42?,46-,49+,50-,51-,58-,59+;;/m0../s1. The Bertz CT molecular complexity index is 2610. The third-order valence-corrected chi connectivity index (χ3v) is 18.7. The first-order valence-corrected chi connectivity index (χ1v) is 27.1. The van der Waals surface area contributed by atoms with Crippen molar-refractivity contribution in [1.82, 2.24) is 0 Å². The van der Waals surface area contributed by atoms with Crippen molar-refractivity contribution in [1.29, 1.82) is 0 Å². The Kier molecular flexibility index (Phi) is 21.1. The number of fused-ring (bicyclic) bond motifs is 5. The Balaban J connectivity index is 0.00000457. The van der Waals surface area contributed by atoms with Crippen LogP contribution in [0, 0.1) is 78.4 Å². The van der Waals surface area contributed by atoms with Gasteiger partial charge in [0.15, 0.2) is 0 Å². The number of allylic oxidation sites excluding steroid dienone is 1. The van der Waals surface area contributed by atoms with Gasteiger partial charge in [-0.1, -0.05) is 83.2 Å². The van der Waals surface area contributed by atoms with Crippen LogP contribution >= 0.6 is 23.2 Å². The number of aromatic carboxylic acids is 2. The topological polar surface area (TPSA) is 185 Å². The van der Waals surface area contributed by atoms with E-state index in [0.717, 1.165) is 54.8 Å². The average Bonchev–Trinajstić information content (AvgIpc) is 3.71. The van der Waals surface area contributed by atoms with E-state index in [2.05, 4.69) is 34.6 Å². The third kappa shape index (κ3) is 13.5. The molecule has 0 aromatic heterocycles. The number of carboxylic acid groups (broad SMARTS) is 2. The van der Waals surface area contributed by atoms with Crippen LogP contribution in [0.25, 0.3) is 5.57 Å². The van der Waals surface area contributed by atoms with Gasteiger partial charge in [-0.2, -0.15) is 0 Å². The summed E-state index contributed by atoms with van der Waals surface area (Å²) >= 11 is 13.7. The van der Waals surface area contributed by atoms with Gasteiger partial charge in [-0.05, 0) is 205 Å². The zero-order chi connectivity index (χ0) is 52.4. The summed E-state index contributed by atoms with van der Waals surface area (Å²) in [7, 11) is 0. The Morgan fingerprint density at radius 1 is 0.693 bits per heavy atom. The molecule has 8 rings (SSSR count). The molecule has 4 aliphatic rings. The molecule has 0 spiro atoms. The maximum atomic E-state index is 12.8. The zero-order valence-electron chi connectivity index (χ0n) is 44.7. The molecule has 4 aromatic carbocycles. The number of halogens is 2. The van der Waals surface area contributed by atoms with E-state index in [1.807, 2.05) is 6.08 Å². The minimum atomic E-state index is -1.56. The maximum absolute atomic E-state index is 12.8. The molecule has 0 radical (unpaired) electrons. The fraction of sp³-hybridized carbons (Fsp3) is 0.525. The van der Waals surface area contributed by atoms with Crippen LogP contribution in [-0.2, 0) is 13.2 Å². The van der Waals surface area contributed by atoms with E-state index in [1.54, 1.807) is 12.1 Å².